The molecule has 3 rings (SSSR count). The van der Waals surface area contributed by atoms with Crippen LogP contribution in [0.3, 0.4) is 0 Å². The van der Waals surface area contributed by atoms with Crippen molar-refractivity contribution in [3.05, 3.63) is 39.6 Å². The second-order valence-electron chi connectivity index (χ2n) is 6.44. The van der Waals surface area contributed by atoms with Crippen molar-refractivity contribution in [2.24, 2.45) is 0 Å². The number of carbonyl (C=O) groups excluding carboxylic acids is 3. The fourth-order valence-electron chi connectivity index (χ4n) is 2.79. The lowest BCUT2D eigenvalue weighted by Gasteiger charge is -2.13. The number of ether oxygens (including phenoxy) is 3. The summed E-state index contributed by atoms with van der Waals surface area (Å²) < 4.78 is 15.6. The predicted octanol–water partition coefficient (Wildman–Crippen LogP) is 3.63. The third-order valence-electron chi connectivity index (χ3n) is 4.22. The summed E-state index contributed by atoms with van der Waals surface area (Å²) in [5.41, 5.74) is 1.15. The minimum Gasteiger partial charge on any atom is -0.454 e. The van der Waals surface area contributed by atoms with Gasteiger partial charge in [0.2, 0.25) is 6.79 Å². The van der Waals surface area contributed by atoms with E-state index in [1.165, 1.54) is 6.92 Å². The van der Waals surface area contributed by atoms with Gasteiger partial charge in [0, 0.05) is 33.5 Å². The number of nitrogens with one attached hydrogen (secondary N) is 1. The van der Waals surface area contributed by atoms with Crippen LogP contribution in [0, 0.1) is 13.8 Å². The predicted molar refractivity (Wildman–Crippen MR) is 104 cm³/mol. The third-order valence-corrected chi connectivity index (χ3v) is 5.18. The van der Waals surface area contributed by atoms with Crippen molar-refractivity contribution < 1.29 is 28.6 Å². The maximum atomic E-state index is 12.2. The SMILES string of the molecule is Cc1cc(C(=O)CCC(=O)O[C@H](C)C(=O)Nc2ccc3c(c2)OCO3)c(C)s1. The van der Waals surface area contributed by atoms with Crippen LogP contribution in [0.5, 0.6) is 11.5 Å². The summed E-state index contributed by atoms with van der Waals surface area (Å²) >= 11 is 1.55. The fraction of sp³-hybridized carbons (Fsp3) is 0.350. The molecule has 1 amide bonds. The summed E-state index contributed by atoms with van der Waals surface area (Å²) in [6, 6.07) is 6.83. The van der Waals surface area contributed by atoms with E-state index in [0.29, 0.717) is 22.7 Å². The highest BCUT2D eigenvalue weighted by Crippen LogP contribution is 2.34. The molecule has 0 bridgehead atoms. The van der Waals surface area contributed by atoms with Gasteiger partial charge in [-0.15, -0.1) is 11.3 Å². The first kappa shape index (κ1) is 19.9. The number of ketones is 1. The van der Waals surface area contributed by atoms with Gasteiger partial charge in [-0.05, 0) is 39.0 Å². The lowest BCUT2D eigenvalue weighted by molar-refractivity contribution is -0.153. The van der Waals surface area contributed by atoms with Crippen LogP contribution in [-0.4, -0.2) is 30.6 Å². The Morgan fingerprint density at radius 2 is 1.89 bits per heavy atom. The van der Waals surface area contributed by atoms with Crippen LogP contribution in [0.4, 0.5) is 5.69 Å². The van der Waals surface area contributed by atoms with Gasteiger partial charge in [-0.2, -0.15) is 0 Å². The van der Waals surface area contributed by atoms with E-state index >= 15 is 0 Å². The lowest BCUT2D eigenvalue weighted by Crippen LogP contribution is -2.30. The molecule has 2 aromatic rings. The number of rotatable bonds is 7. The van der Waals surface area contributed by atoms with E-state index in [0.717, 1.165) is 9.75 Å². The minimum atomic E-state index is -0.988. The average Bonchev–Trinajstić information content (AvgIpc) is 3.24. The van der Waals surface area contributed by atoms with E-state index in [-0.39, 0.29) is 25.4 Å². The second kappa shape index (κ2) is 8.43. The van der Waals surface area contributed by atoms with Crippen molar-refractivity contribution in [3.63, 3.8) is 0 Å². The highest BCUT2D eigenvalue weighted by atomic mass is 32.1. The molecule has 1 aromatic carbocycles. The molecule has 1 atom stereocenters. The van der Waals surface area contributed by atoms with Crippen LogP contribution in [0.2, 0.25) is 0 Å². The molecule has 0 spiro atoms. The van der Waals surface area contributed by atoms with Gasteiger partial charge in [-0.3, -0.25) is 14.4 Å². The number of Topliss-reactive ketones (excluding diaryl/α,β-unsaturated/α-hetero) is 1. The highest BCUT2D eigenvalue weighted by molar-refractivity contribution is 7.12. The molecule has 0 fully saturated rings. The number of aryl methyl sites for hydroxylation is 2. The topological polar surface area (TPSA) is 90.9 Å². The molecule has 2 heterocycles. The number of benzene rings is 1. The normalized spacial score (nSPS) is 13.1. The molecule has 1 aliphatic rings. The van der Waals surface area contributed by atoms with Gasteiger partial charge < -0.3 is 19.5 Å². The zero-order chi connectivity index (χ0) is 20.3. The molecule has 0 saturated heterocycles. The number of carbonyl (C=O) groups is 3. The number of thiophene rings is 1. The first-order valence-corrected chi connectivity index (χ1v) is 9.65. The number of hydrogen-bond donors (Lipinski definition) is 1. The Labute approximate surface area is 166 Å². The molecule has 1 aromatic heterocycles. The van der Waals surface area contributed by atoms with Crippen molar-refractivity contribution in [1.29, 1.82) is 0 Å². The van der Waals surface area contributed by atoms with Gasteiger partial charge >= 0.3 is 5.97 Å². The first-order chi connectivity index (χ1) is 13.3. The molecule has 28 heavy (non-hydrogen) atoms. The van der Waals surface area contributed by atoms with E-state index in [1.807, 2.05) is 19.9 Å². The Balaban J connectivity index is 1.47. The van der Waals surface area contributed by atoms with Crippen molar-refractivity contribution in [2.45, 2.75) is 39.7 Å². The maximum Gasteiger partial charge on any atom is 0.307 e. The summed E-state index contributed by atoms with van der Waals surface area (Å²) in [5, 5.41) is 2.66. The largest absolute Gasteiger partial charge is 0.454 e. The molecule has 0 saturated carbocycles. The summed E-state index contributed by atoms with van der Waals surface area (Å²) in [4.78, 5) is 38.5. The molecular weight excluding hydrogens is 382 g/mol. The second-order valence-corrected chi connectivity index (χ2v) is 7.90. The van der Waals surface area contributed by atoms with Gasteiger partial charge in [-0.25, -0.2) is 0 Å². The van der Waals surface area contributed by atoms with Crippen molar-refractivity contribution in [1.82, 2.24) is 0 Å². The number of anilines is 1. The maximum absolute atomic E-state index is 12.2. The Hall–Kier alpha value is -2.87. The van der Waals surface area contributed by atoms with Gasteiger partial charge in [-0.1, -0.05) is 0 Å². The van der Waals surface area contributed by atoms with Crippen LogP contribution >= 0.6 is 11.3 Å². The number of hydrogen-bond acceptors (Lipinski definition) is 7. The molecule has 0 radical (unpaired) electrons. The third kappa shape index (κ3) is 4.69. The van der Waals surface area contributed by atoms with Crippen molar-refractivity contribution in [3.8, 4) is 11.5 Å². The zero-order valence-corrected chi connectivity index (χ0v) is 16.7. The molecule has 1 N–H and O–H groups in total. The van der Waals surface area contributed by atoms with Gasteiger partial charge in [0.25, 0.3) is 5.91 Å². The Bertz CT molecular complexity index is 919. The number of esters is 1. The van der Waals surface area contributed by atoms with E-state index < -0.39 is 18.0 Å². The smallest absolute Gasteiger partial charge is 0.307 e. The van der Waals surface area contributed by atoms with E-state index in [2.05, 4.69) is 5.32 Å². The van der Waals surface area contributed by atoms with Crippen LogP contribution in [-0.2, 0) is 14.3 Å². The zero-order valence-electron chi connectivity index (χ0n) is 15.9. The molecule has 148 valence electrons. The van der Waals surface area contributed by atoms with E-state index in [1.54, 1.807) is 29.5 Å². The van der Waals surface area contributed by atoms with Crippen LogP contribution in [0.1, 0.15) is 39.9 Å². The fourth-order valence-corrected chi connectivity index (χ4v) is 3.73. The van der Waals surface area contributed by atoms with Crippen LogP contribution in [0.25, 0.3) is 0 Å². The van der Waals surface area contributed by atoms with E-state index in [9.17, 15) is 14.4 Å². The quantitative estimate of drug-likeness (QED) is 0.561. The molecule has 7 nitrogen and oxygen atoms in total. The minimum absolute atomic E-state index is 0.0480. The lowest BCUT2D eigenvalue weighted by atomic mass is 10.1. The van der Waals surface area contributed by atoms with Crippen molar-refractivity contribution in [2.75, 3.05) is 12.1 Å². The Morgan fingerprint density at radius 3 is 2.61 bits per heavy atom. The molecule has 1 aliphatic heterocycles. The van der Waals surface area contributed by atoms with Gasteiger partial charge in [0.15, 0.2) is 23.4 Å². The van der Waals surface area contributed by atoms with Crippen LogP contribution in [0.15, 0.2) is 24.3 Å². The molecule has 8 heteroatoms. The summed E-state index contributed by atoms with van der Waals surface area (Å²) in [6.45, 7) is 5.44. The number of fused-ring (bicyclic) bond motifs is 1. The summed E-state index contributed by atoms with van der Waals surface area (Å²) in [5.74, 6) is -0.0106. The number of amides is 1. The summed E-state index contributed by atoms with van der Waals surface area (Å²) in [6.07, 6.45) is -1.01. The molecular formula is C20H21NO6S. The monoisotopic (exact) mass is 403 g/mol. The van der Waals surface area contributed by atoms with Crippen LogP contribution < -0.4 is 14.8 Å². The van der Waals surface area contributed by atoms with Gasteiger partial charge in [0.05, 0.1) is 6.42 Å². The molecule has 0 unspecified atom stereocenters. The van der Waals surface area contributed by atoms with E-state index in [4.69, 9.17) is 14.2 Å². The first-order valence-electron chi connectivity index (χ1n) is 8.83. The average molecular weight is 403 g/mol. The standard InChI is InChI=1S/C20H21NO6S/c1-11-8-15(13(3)28-11)16(22)5-7-19(23)27-12(2)20(24)21-14-4-6-17-18(9-14)26-10-25-17/h4,6,8-9,12H,5,7,10H2,1-3H3,(H,21,24)/t12-/m1/s1. The molecule has 0 aliphatic carbocycles. The van der Waals surface area contributed by atoms with Crippen molar-refractivity contribution >= 4 is 34.7 Å². The van der Waals surface area contributed by atoms with Gasteiger partial charge in [0.1, 0.15) is 0 Å². The summed E-state index contributed by atoms with van der Waals surface area (Å²) in [7, 11) is 0. The highest BCUT2D eigenvalue weighted by Gasteiger charge is 2.21. The Morgan fingerprint density at radius 1 is 1.14 bits per heavy atom. The Kier molecular flexibility index (Phi) is 5.99.